The van der Waals surface area contributed by atoms with E-state index in [0.717, 1.165) is 25.8 Å². The molecule has 170 valence electrons. The molecule has 1 spiro atoms. The van der Waals surface area contributed by atoms with Gasteiger partial charge in [0.25, 0.3) is 0 Å². The van der Waals surface area contributed by atoms with Crippen LogP contribution in [0.3, 0.4) is 0 Å². The molecule has 9 nitrogen and oxygen atoms in total. The van der Waals surface area contributed by atoms with Crippen molar-refractivity contribution in [3.05, 3.63) is 24.3 Å². The molecule has 10 heteroatoms. The number of ether oxygens (including phenoxy) is 2. The van der Waals surface area contributed by atoms with Crippen molar-refractivity contribution in [2.45, 2.75) is 45.6 Å². The van der Waals surface area contributed by atoms with Gasteiger partial charge < -0.3 is 25.0 Å². The SMILES string of the molecule is CC(C)(C)OC(=O)NC/C(=C\F)COc1cnc(N2CCCC3(CCNC3=O)C2)nc1. The predicted octanol–water partition coefficient (Wildman–Crippen LogP) is 2.34. The van der Waals surface area contributed by atoms with Crippen LogP contribution in [0.25, 0.3) is 0 Å². The molecule has 0 aromatic carbocycles. The van der Waals surface area contributed by atoms with E-state index in [1.807, 2.05) is 4.90 Å². The molecule has 2 saturated heterocycles. The number of anilines is 1. The van der Waals surface area contributed by atoms with E-state index in [2.05, 4.69) is 20.6 Å². The number of carbonyl (C=O) groups excluding carboxylic acids is 2. The summed E-state index contributed by atoms with van der Waals surface area (Å²) in [4.78, 5) is 34.7. The summed E-state index contributed by atoms with van der Waals surface area (Å²) in [5.41, 5.74) is -0.742. The van der Waals surface area contributed by atoms with E-state index < -0.39 is 11.7 Å². The van der Waals surface area contributed by atoms with Gasteiger partial charge in [0.15, 0.2) is 5.75 Å². The number of hydrogen-bond acceptors (Lipinski definition) is 7. The Bertz CT molecular complexity index is 824. The first kappa shape index (κ1) is 22.8. The predicted molar refractivity (Wildman–Crippen MR) is 112 cm³/mol. The number of rotatable bonds is 6. The van der Waals surface area contributed by atoms with E-state index >= 15 is 0 Å². The number of halogens is 1. The highest BCUT2D eigenvalue weighted by molar-refractivity contribution is 5.85. The van der Waals surface area contributed by atoms with E-state index in [4.69, 9.17) is 9.47 Å². The second-order valence-corrected chi connectivity index (χ2v) is 8.94. The highest BCUT2D eigenvalue weighted by Crippen LogP contribution is 2.37. The lowest BCUT2D eigenvalue weighted by Gasteiger charge is -2.38. The third-order valence-electron chi connectivity index (χ3n) is 5.28. The van der Waals surface area contributed by atoms with Crippen LogP contribution in [0.15, 0.2) is 24.3 Å². The quantitative estimate of drug-likeness (QED) is 0.706. The zero-order valence-corrected chi connectivity index (χ0v) is 18.2. The normalized spacial score (nSPS) is 21.7. The molecule has 2 fully saturated rings. The molecule has 3 heterocycles. The van der Waals surface area contributed by atoms with E-state index in [0.29, 0.717) is 31.1 Å². The average molecular weight is 436 g/mol. The van der Waals surface area contributed by atoms with Crippen LogP contribution in [-0.4, -0.2) is 60.4 Å². The van der Waals surface area contributed by atoms with E-state index in [9.17, 15) is 14.0 Å². The molecule has 1 unspecified atom stereocenters. The number of alkyl carbamates (subject to hydrolysis) is 1. The lowest BCUT2D eigenvalue weighted by Crippen LogP contribution is -2.47. The van der Waals surface area contributed by atoms with Crippen LogP contribution in [0.4, 0.5) is 15.1 Å². The van der Waals surface area contributed by atoms with Gasteiger partial charge in [-0.2, -0.15) is 0 Å². The van der Waals surface area contributed by atoms with Crippen molar-refractivity contribution in [1.82, 2.24) is 20.6 Å². The van der Waals surface area contributed by atoms with Gasteiger partial charge in [-0.25, -0.2) is 19.2 Å². The van der Waals surface area contributed by atoms with Crippen molar-refractivity contribution in [1.29, 1.82) is 0 Å². The lowest BCUT2D eigenvalue weighted by molar-refractivity contribution is -0.128. The summed E-state index contributed by atoms with van der Waals surface area (Å²) < 4.78 is 23.8. The molecule has 2 N–H and O–H groups in total. The minimum absolute atomic E-state index is 0.0394. The molecule has 0 aliphatic carbocycles. The van der Waals surface area contributed by atoms with Gasteiger partial charge in [0.2, 0.25) is 11.9 Å². The van der Waals surface area contributed by atoms with Gasteiger partial charge >= 0.3 is 6.09 Å². The summed E-state index contributed by atoms with van der Waals surface area (Å²) in [6, 6.07) is 0. The summed E-state index contributed by atoms with van der Waals surface area (Å²) in [7, 11) is 0. The Morgan fingerprint density at radius 1 is 1.35 bits per heavy atom. The molecular formula is C21H30FN5O4. The van der Waals surface area contributed by atoms with E-state index in [1.54, 1.807) is 20.8 Å². The fourth-order valence-electron chi connectivity index (χ4n) is 3.75. The molecule has 1 aromatic rings. The zero-order chi connectivity index (χ0) is 22.5. The van der Waals surface area contributed by atoms with Crippen molar-refractivity contribution < 1.29 is 23.5 Å². The molecule has 0 bridgehead atoms. The van der Waals surface area contributed by atoms with Crippen molar-refractivity contribution in [2.75, 3.05) is 37.7 Å². The maximum absolute atomic E-state index is 13.1. The van der Waals surface area contributed by atoms with Crippen LogP contribution in [0.1, 0.15) is 40.0 Å². The van der Waals surface area contributed by atoms with Gasteiger partial charge in [-0.05, 0) is 40.0 Å². The van der Waals surface area contributed by atoms with Gasteiger partial charge in [-0.1, -0.05) is 0 Å². The van der Waals surface area contributed by atoms with Crippen molar-refractivity contribution in [3.8, 4) is 5.75 Å². The Kier molecular flexibility index (Phi) is 6.97. The van der Waals surface area contributed by atoms with Gasteiger partial charge in [0, 0.05) is 31.8 Å². The summed E-state index contributed by atoms with van der Waals surface area (Å²) in [6.07, 6.45) is 5.43. The number of carbonyl (C=O) groups is 2. The first-order valence-corrected chi connectivity index (χ1v) is 10.4. The summed E-state index contributed by atoms with van der Waals surface area (Å²) in [5, 5.41) is 5.41. The topological polar surface area (TPSA) is 106 Å². The largest absolute Gasteiger partial charge is 0.486 e. The van der Waals surface area contributed by atoms with Gasteiger partial charge in [0.1, 0.15) is 12.2 Å². The summed E-state index contributed by atoms with van der Waals surface area (Å²) in [5.74, 6) is 1.03. The maximum atomic E-state index is 13.1. The van der Waals surface area contributed by atoms with Crippen LogP contribution in [0, 0.1) is 5.41 Å². The third-order valence-corrected chi connectivity index (χ3v) is 5.28. The Morgan fingerprint density at radius 2 is 2.10 bits per heavy atom. The Morgan fingerprint density at radius 3 is 2.71 bits per heavy atom. The molecular weight excluding hydrogens is 405 g/mol. The molecule has 2 aliphatic rings. The average Bonchev–Trinajstić information content (AvgIpc) is 3.06. The van der Waals surface area contributed by atoms with Crippen molar-refractivity contribution >= 4 is 17.9 Å². The first-order valence-electron chi connectivity index (χ1n) is 10.4. The molecule has 2 aliphatic heterocycles. The molecule has 0 saturated carbocycles. The minimum atomic E-state index is -0.630. The monoisotopic (exact) mass is 435 g/mol. The van der Waals surface area contributed by atoms with Gasteiger partial charge in [0.05, 0.1) is 24.1 Å². The summed E-state index contributed by atoms with van der Waals surface area (Å²) >= 11 is 0. The zero-order valence-electron chi connectivity index (χ0n) is 18.2. The molecule has 2 amide bonds. The van der Waals surface area contributed by atoms with Crippen LogP contribution in [-0.2, 0) is 9.53 Å². The van der Waals surface area contributed by atoms with E-state index in [1.165, 1.54) is 12.4 Å². The van der Waals surface area contributed by atoms with Crippen LogP contribution in [0.5, 0.6) is 5.75 Å². The number of nitrogens with one attached hydrogen (secondary N) is 2. The van der Waals surface area contributed by atoms with Crippen LogP contribution < -0.4 is 20.3 Å². The Balaban J connectivity index is 1.50. The molecule has 3 rings (SSSR count). The fourth-order valence-corrected chi connectivity index (χ4v) is 3.75. The number of nitrogens with zero attached hydrogens (tertiary/aromatic N) is 3. The van der Waals surface area contributed by atoms with Gasteiger partial charge in [-0.3, -0.25) is 4.79 Å². The second kappa shape index (κ2) is 9.49. The van der Waals surface area contributed by atoms with Crippen molar-refractivity contribution in [2.24, 2.45) is 5.41 Å². The fraction of sp³-hybridized carbons (Fsp3) is 0.619. The number of amides is 2. The Hall–Kier alpha value is -2.91. The standard InChI is InChI=1S/C21H30FN5O4/c1-20(2,3)31-19(29)26-10-15(9-22)13-30-16-11-24-18(25-12-16)27-8-4-5-21(14-27)6-7-23-17(21)28/h9,11-12H,4-8,10,13-14H2,1-3H3,(H,23,28)(H,26,29)/b15-9+. The van der Waals surface area contributed by atoms with Gasteiger partial charge in [-0.15, -0.1) is 0 Å². The van der Waals surface area contributed by atoms with Crippen molar-refractivity contribution in [3.63, 3.8) is 0 Å². The van der Waals surface area contributed by atoms with Crippen LogP contribution >= 0.6 is 0 Å². The highest BCUT2D eigenvalue weighted by atomic mass is 19.1. The first-order chi connectivity index (χ1) is 14.7. The second-order valence-electron chi connectivity index (χ2n) is 8.94. The molecule has 1 aromatic heterocycles. The molecule has 0 radical (unpaired) electrons. The molecule has 31 heavy (non-hydrogen) atoms. The highest BCUT2D eigenvalue weighted by Gasteiger charge is 2.45. The van der Waals surface area contributed by atoms with Crippen LogP contribution in [0.2, 0.25) is 0 Å². The molecule has 1 atom stereocenters. The summed E-state index contributed by atoms with van der Waals surface area (Å²) in [6.45, 7) is 7.24. The maximum Gasteiger partial charge on any atom is 0.407 e. The number of piperidine rings is 1. The van der Waals surface area contributed by atoms with E-state index in [-0.39, 0.29) is 30.0 Å². The smallest absolute Gasteiger partial charge is 0.407 e. The number of aromatic nitrogens is 2. The number of hydrogen-bond donors (Lipinski definition) is 2. The Labute approximate surface area is 181 Å². The lowest BCUT2D eigenvalue weighted by atomic mass is 9.78. The minimum Gasteiger partial charge on any atom is -0.486 e. The third kappa shape index (κ3) is 6.05.